The van der Waals surface area contributed by atoms with Crippen LogP contribution in [0.1, 0.15) is 52.4 Å². The summed E-state index contributed by atoms with van der Waals surface area (Å²) in [4.78, 5) is 17.5. The van der Waals surface area contributed by atoms with Crippen molar-refractivity contribution in [2.75, 3.05) is 0 Å². The van der Waals surface area contributed by atoms with E-state index in [0.29, 0.717) is 30.2 Å². The standard InChI is InChI=1S/C20H27F3N4O2/c1-13-24-16(14-7-9-15(10-8-14)20(21,22)23)25-26(13)12-11-19(5,6)27(17(28)29)18(2,3)4/h7-10H,11-12H2,1-6H3,(H,28,29). The number of aromatic nitrogens is 3. The van der Waals surface area contributed by atoms with Crippen molar-refractivity contribution in [2.45, 2.75) is 71.8 Å². The first kappa shape index (κ1) is 22.7. The van der Waals surface area contributed by atoms with Crippen molar-refractivity contribution in [1.29, 1.82) is 0 Å². The molecule has 1 N–H and O–H groups in total. The average molecular weight is 412 g/mol. The van der Waals surface area contributed by atoms with Crippen molar-refractivity contribution in [3.8, 4) is 11.4 Å². The molecule has 0 aliphatic heterocycles. The van der Waals surface area contributed by atoms with Gasteiger partial charge in [0.25, 0.3) is 0 Å². The van der Waals surface area contributed by atoms with Gasteiger partial charge < -0.3 is 5.11 Å². The molecule has 0 fully saturated rings. The largest absolute Gasteiger partial charge is 0.465 e. The fourth-order valence-corrected chi connectivity index (χ4v) is 3.51. The van der Waals surface area contributed by atoms with E-state index in [-0.39, 0.29) is 0 Å². The van der Waals surface area contributed by atoms with Crippen LogP contribution in [0.5, 0.6) is 0 Å². The van der Waals surface area contributed by atoms with Gasteiger partial charge in [-0.2, -0.15) is 18.3 Å². The maximum absolute atomic E-state index is 12.7. The number of benzene rings is 1. The Bertz CT molecular complexity index is 865. The highest BCUT2D eigenvalue weighted by Crippen LogP contribution is 2.31. The van der Waals surface area contributed by atoms with E-state index in [0.717, 1.165) is 12.1 Å². The highest BCUT2D eigenvalue weighted by atomic mass is 19.4. The third kappa shape index (κ3) is 5.27. The van der Waals surface area contributed by atoms with Crippen LogP contribution < -0.4 is 0 Å². The van der Waals surface area contributed by atoms with Gasteiger partial charge in [0, 0.05) is 23.2 Å². The lowest BCUT2D eigenvalue weighted by atomic mass is 9.92. The molecule has 1 heterocycles. The highest BCUT2D eigenvalue weighted by molar-refractivity contribution is 5.67. The molecule has 0 radical (unpaired) electrons. The van der Waals surface area contributed by atoms with E-state index in [2.05, 4.69) is 10.1 Å². The van der Waals surface area contributed by atoms with Crippen LogP contribution in [0.15, 0.2) is 24.3 Å². The maximum atomic E-state index is 12.7. The summed E-state index contributed by atoms with van der Waals surface area (Å²) in [5, 5.41) is 14.0. The van der Waals surface area contributed by atoms with Gasteiger partial charge in [-0.25, -0.2) is 14.5 Å². The van der Waals surface area contributed by atoms with Crippen molar-refractivity contribution in [2.24, 2.45) is 0 Å². The Morgan fingerprint density at radius 3 is 2.10 bits per heavy atom. The molecule has 0 unspecified atom stereocenters. The van der Waals surface area contributed by atoms with Gasteiger partial charge in [-0.1, -0.05) is 12.1 Å². The monoisotopic (exact) mass is 412 g/mol. The van der Waals surface area contributed by atoms with Gasteiger partial charge in [0.05, 0.1) is 5.56 Å². The van der Waals surface area contributed by atoms with E-state index in [1.165, 1.54) is 17.0 Å². The van der Waals surface area contributed by atoms with E-state index < -0.39 is 28.9 Å². The lowest BCUT2D eigenvalue weighted by molar-refractivity contribution is -0.137. The van der Waals surface area contributed by atoms with Crippen LogP contribution in [-0.4, -0.2) is 41.9 Å². The zero-order chi connectivity index (χ0) is 22.2. The Hall–Kier alpha value is -2.58. The summed E-state index contributed by atoms with van der Waals surface area (Å²) in [6, 6.07) is 4.69. The minimum Gasteiger partial charge on any atom is -0.465 e. The summed E-state index contributed by atoms with van der Waals surface area (Å²) < 4.78 is 39.8. The highest BCUT2D eigenvalue weighted by Gasteiger charge is 2.38. The molecule has 1 amide bonds. The summed E-state index contributed by atoms with van der Waals surface area (Å²) in [7, 11) is 0. The molecule has 160 valence electrons. The van der Waals surface area contributed by atoms with Gasteiger partial charge in [0.1, 0.15) is 5.82 Å². The fraction of sp³-hybridized carbons (Fsp3) is 0.550. The third-order valence-corrected chi connectivity index (χ3v) is 4.73. The Morgan fingerprint density at radius 2 is 1.66 bits per heavy atom. The van der Waals surface area contributed by atoms with Gasteiger partial charge in [0.2, 0.25) is 0 Å². The first-order chi connectivity index (χ1) is 13.1. The molecule has 0 bridgehead atoms. The molecule has 9 heteroatoms. The van der Waals surface area contributed by atoms with E-state index >= 15 is 0 Å². The number of alkyl halides is 3. The summed E-state index contributed by atoms with van der Waals surface area (Å²) in [6.45, 7) is 11.4. The van der Waals surface area contributed by atoms with Crippen molar-refractivity contribution >= 4 is 6.09 Å². The minimum absolute atomic E-state index is 0.333. The number of amides is 1. The molecule has 1 aromatic carbocycles. The molecule has 6 nitrogen and oxygen atoms in total. The molecule has 0 saturated heterocycles. The molecule has 0 saturated carbocycles. The number of hydrogen-bond donors (Lipinski definition) is 1. The van der Waals surface area contributed by atoms with Crippen LogP contribution in [0, 0.1) is 6.92 Å². The molecule has 0 aliphatic carbocycles. The number of carbonyl (C=O) groups is 1. The molecular weight excluding hydrogens is 385 g/mol. The zero-order valence-corrected chi connectivity index (χ0v) is 17.5. The number of hydrogen-bond acceptors (Lipinski definition) is 3. The van der Waals surface area contributed by atoms with Gasteiger partial charge >= 0.3 is 12.3 Å². The first-order valence-corrected chi connectivity index (χ1v) is 9.25. The number of aryl methyl sites for hydroxylation is 2. The third-order valence-electron chi connectivity index (χ3n) is 4.73. The Kier molecular flexibility index (Phi) is 6.02. The van der Waals surface area contributed by atoms with Crippen molar-refractivity contribution in [1.82, 2.24) is 19.7 Å². The lowest BCUT2D eigenvalue weighted by Crippen LogP contribution is -2.57. The molecule has 2 aromatic rings. The Balaban J connectivity index is 2.20. The second-order valence-electron chi connectivity index (χ2n) is 8.63. The number of carboxylic acid groups (broad SMARTS) is 1. The van der Waals surface area contributed by atoms with Gasteiger partial charge in [-0.05, 0) is 60.1 Å². The normalized spacial score (nSPS) is 12.9. The average Bonchev–Trinajstić information content (AvgIpc) is 2.91. The fourth-order valence-electron chi connectivity index (χ4n) is 3.51. The van der Waals surface area contributed by atoms with Crippen LogP contribution in [-0.2, 0) is 12.7 Å². The van der Waals surface area contributed by atoms with E-state index in [9.17, 15) is 23.1 Å². The van der Waals surface area contributed by atoms with E-state index in [1.807, 2.05) is 34.6 Å². The molecular formula is C20H27F3N4O2. The second kappa shape index (κ2) is 7.68. The predicted octanol–water partition coefficient (Wildman–Crippen LogP) is 5.22. The van der Waals surface area contributed by atoms with Crippen molar-refractivity contribution < 1.29 is 23.1 Å². The van der Waals surface area contributed by atoms with Crippen LogP contribution in [0.4, 0.5) is 18.0 Å². The summed E-state index contributed by atoms with van der Waals surface area (Å²) in [5.74, 6) is 0.938. The SMILES string of the molecule is Cc1nc(-c2ccc(C(F)(F)F)cc2)nn1CCC(C)(C)N(C(=O)O)C(C)(C)C. The molecule has 2 rings (SSSR count). The molecule has 1 aromatic heterocycles. The summed E-state index contributed by atoms with van der Waals surface area (Å²) >= 11 is 0. The Morgan fingerprint density at radius 1 is 1.10 bits per heavy atom. The smallest absolute Gasteiger partial charge is 0.416 e. The van der Waals surface area contributed by atoms with Crippen LogP contribution >= 0.6 is 0 Å². The van der Waals surface area contributed by atoms with Gasteiger partial charge in [-0.3, -0.25) is 4.90 Å². The number of nitrogens with zero attached hydrogens (tertiary/aromatic N) is 4. The van der Waals surface area contributed by atoms with Gasteiger partial charge in [-0.15, -0.1) is 0 Å². The molecule has 29 heavy (non-hydrogen) atoms. The van der Waals surface area contributed by atoms with Crippen LogP contribution in [0.25, 0.3) is 11.4 Å². The van der Waals surface area contributed by atoms with Crippen LogP contribution in [0.3, 0.4) is 0 Å². The summed E-state index contributed by atoms with van der Waals surface area (Å²) in [5.41, 5.74) is -1.47. The van der Waals surface area contributed by atoms with Crippen molar-refractivity contribution in [3.63, 3.8) is 0 Å². The number of rotatable bonds is 5. The maximum Gasteiger partial charge on any atom is 0.416 e. The molecule has 0 spiro atoms. The van der Waals surface area contributed by atoms with Gasteiger partial charge in [0.15, 0.2) is 5.82 Å². The second-order valence-corrected chi connectivity index (χ2v) is 8.63. The van der Waals surface area contributed by atoms with Crippen LogP contribution in [0.2, 0.25) is 0 Å². The molecule has 0 atom stereocenters. The Labute approximate surface area is 168 Å². The predicted molar refractivity (Wildman–Crippen MR) is 104 cm³/mol. The summed E-state index contributed by atoms with van der Waals surface area (Å²) in [6.07, 6.45) is -4.90. The number of halogens is 3. The lowest BCUT2D eigenvalue weighted by Gasteiger charge is -2.45. The van der Waals surface area contributed by atoms with Crippen molar-refractivity contribution in [3.05, 3.63) is 35.7 Å². The topological polar surface area (TPSA) is 71.2 Å². The molecule has 0 aliphatic rings. The quantitative estimate of drug-likeness (QED) is 0.731. The van der Waals surface area contributed by atoms with E-state index in [4.69, 9.17) is 0 Å². The first-order valence-electron chi connectivity index (χ1n) is 9.25. The minimum atomic E-state index is -4.39. The zero-order valence-electron chi connectivity index (χ0n) is 17.5. The van der Waals surface area contributed by atoms with E-state index in [1.54, 1.807) is 11.6 Å².